The number of aryl methyl sites for hydroxylation is 2. The van der Waals surface area contributed by atoms with Crippen LogP contribution in [0, 0.1) is 13.8 Å². The van der Waals surface area contributed by atoms with Crippen molar-refractivity contribution in [3.63, 3.8) is 0 Å². The Hall–Kier alpha value is -3.58. The van der Waals surface area contributed by atoms with Gasteiger partial charge in [-0.1, -0.05) is 54.6 Å². The largest absolute Gasteiger partial charge is 0.495 e. The zero-order valence-electron chi connectivity index (χ0n) is 18.0. The van der Waals surface area contributed by atoms with Crippen LogP contribution >= 0.6 is 11.8 Å². The van der Waals surface area contributed by atoms with Crippen LogP contribution in [0.4, 0.5) is 5.69 Å². The molecule has 32 heavy (non-hydrogen) atoms. The maximum Gasteiger partial charge on any atom is 0.277 e. The summed E-state index contributed by atoms with van der Waals surface area (Å²) in [7, 11) is 1.58. The third-order valence-electron chi connectivity index (χ3n) is 4.95. The highest BCUT2D eigenvalue weighted by Crippen LogP contribution is 2.38. The van der Waals surface area contributed by atoms with Crippen LogP contribution in [0.2, 0.25) is 0 Å². The van der Waals surface area contributed by atoms with Gasteiger partial charge in [-0.2, -0.15) is 0 Å². The first-order valence-electron chi connectivity index (χ1n) is 10.1. The summed E-state index contributed by atoms with van der Waals surface area (Å²) in [6.45, 7) is 3.95. The quantitative estimate of drug-likeness (QED) is 0.361. The standard InChI is InChI=1S/C25H23N3O3S/c1-16-13-14-21(30-3)20(15-16)26-23(29)22(18-10-5-4-6-11-18)32-25-28-27-24(31-25)19-12-8-7-9-17(19)2/h4-15,22H,1-3H3,(H,26,29). The third kappa shape index (κ3) is 4.84. The molecule has 162 valence electrons. The number of hydrogen-bond acceptors (Lipinski definition) is 6. The summed E-state index contributed by atoms with van der Waals surface area (Å²) in [5.74, 6) is 0.819. The number of hydrogen-bond donors (Lipinski definition) is 1. The number of thioether (sulfide) groups is 1. The van der Waals surface area contributed by atoms with Crippen molar-refractivity contribution in [1.82, 2.24) is 10.2 Å². The molecule has 1 amide bonds. The van der Waals surface area contributed by atoms with Gasteiger partial charge >= 0.3 is 0 Å². The first-order chi connectivity index (χ1) is 15.5. The highest BCUT2D eigenvalue weighted by molar-refractivity contribution is 8.00. The summed E-state index contributed by atoms with van der Waals surface area (Å²) in [4.78, 5) is 13.4. The number of methoxy groups -OCH3 is 1. The van der Waals surface area contributed by atoms with E-state index < -0.39 is 5.25 Å². The molecule has 1 N–H and O–H groups in total. The summed E-state index contributed by atoms with van der Waals surface area (Å²) in [6, 6.07) is 23.0. The Morgan fingerprint density at radius 3 is 2.50 bits per heavy atom. The van der Waals surface area contributed by atoms with E-state index in [0.29, 0.717) is 22.6 Å². The van der Waals surface area contributed by atoms with Crippen molar-refractivity contribution in [2.24, 2.45) is 0 Å². The summed E-state index contributed by atoms with van der Waals surface area (Å²) >= 11 is 1.22. The average molecular weight is 446 g/mol. The summed E-state index contributed by atoms with van der Waals surface area (Å²) in [5, 5.41) is 11.1. The number of carbonyl (C=O) groups is 1. The Balaban J connectivity index is 1.62. The highest BCUT2D eigenvalue weighted by atomic mass is 32.2. The predicted molar refractivity (Wildman–Crippen MR) is 126 cm³/mol. The van der Waals surface area contributed by atoms with Crippen molar-refractivity contribution in [1.29, 1.82) is 0 Å². The minimum atomic E-state index is -0.591. The Bertz CT molecular complexity index is 1220. The van der Waals surface area contributed by atoms with Crippen molar-refractivity contribution in [2.45, 2.75) is 24.3 Å². The van der Waals surface area contributed by atoms with Gasteiger partial charge in [-0.3, -0.25) is 4.79 Å². The van der Waals surface area contributed by atoms with Gasteiger partial charge in [0.05, 0.1) is 12.8 Å². The average Bonchev–Trinajstić information content (AvgIpc) is 3.27. The molecule has 0 radical (unpaired) electrons. The first kappa shape index (κ1) is 21.6. The first-order valence-corrected chi connectivity index (χ1v) is 11.0. The molecule has 0 spiro atoms. The number of nitrogens with one attached hydrogen (secondary N) is 1. The lowest BCUT2D eigenvalue weighted by molar-refractivity contribution is -0.115. The van der Waals surface area contributed by atoms with E-state index in [9.17, 15) is 4.79 Å². The molecule has 0 aliphatic heterocycles. The lowest BCUT2D eigenvalue weighted by Crippen LogP contribution is -2.19. The molecular weight excluding hydrogens is 422 g/mol. The van der Waals surface area contributed by atoms with E-state index in [1.807, 2.05) is 86.6 Å². The normalized spacial score (nSPS) is 11.7. The lowest BCUT2D eigenvalue weighted by atomic mass is 10.1. The van der Waals surface area contributed by atoms with Crippen LogP contribution in [0.5, 0.6) is 5.75 Å². The molecule has 0 saturated carbocycles. The molecule has 0 bridgehead atoms. The number of nitrogens with zero attached hydrogens (tertiary/aromatic N) is 2. The van der Waals surface area contributed by atoms with Gasteiger partial charge in [0, 0.05) is 5.56 Å². The monoisotopic (exact) mass is 445 g/mol. The van der Waals surface area contributed by atoms with E-state index in [4.69, 9.17) is 9.15 Å². The number of anilines is 1. The molecule has 6 nitrogen and oxygen atoms in total. The van der Waals surface area contributed by atoms with Crippen LogP contribution in [0.1, 0.15) is 21.9 Å². The molecule has 1 aromatic heterocycles. The van der Waals surface area contributed by atoms with E-state index >= 15 is 0 Å². The number of rotatable bonds is 7. The van der Waals surface area contributed by atoms with Gasteiger partial charge in [0.15, 0.2) is 0 Å². The molecule has 1 atom stereocenters. The van der Waals surface area contributed by atoms with E-state index in [2.05, 4.69) is 15.5 Å². The van der Waals surface area contributed by atoms with Crippen molar-refractivity contribution >= 4 is 23.4 Å². The Labute approximate surface area is 191 Å². The second-order valence-corrected chi connectivity index (χ2v) is 8.35. The molecule has 3 aromatic carbocycles. The molecular formula is C25H23N3O3S. The zero-order chi connectivity index (χ0) is 22.5. The van der Waals surface area contributed by atoms with E-state index in [0.717, 1.165) is 22.3 Å². The molecule has 4 aromatic rings. The van der Waals surface area contributed by atoms with Crippen LogP contribution < -0.4 is 10.1 Å². The van der Waals surface area contributed by atoms with Crippen LogP contribution in [0.25, 0.3) is 11.5 Å². The van der Waals surface area contributed by atoms with Gasteiger partial charge in [-0.25, -0.2) is 0 Å². The molecule has 7 heteroatoms. The van der Waals surface area contributed by atoms with Crippen molar-refractivity contribution in [2.75, 3.05) is 12.4 Å². The van der Waals surface area contributed by atoms with Gasteiger partial charge in [-0.15, -0.1) is 10.2 Å². The second-order valence-electron chi connectivity index (χ2n) is 7.29. The molecule has 4 rings (SSSR count). The topological polar surface area (TPSA) is 77.2 Å². The molecule has 1 unspecified atom stereocenters. The molecule has 1 heterocycles. The molecule has 0 aliphatic carbocycles. The number of benzene rings is 3. The number of amides is 1. The van der Waals surface area contributed by atoms with Crippen molar-refractivity contribution in [3.8, 4) is 17.2 Å². The number of aromatic nitrogens is 2. The van der Waals surface area contributed by atoms with Gasteiger partial charge in [0.2, 0.25) is 11.8 Å². The number of ether oxygens (including phenoxy) is 1. The van der Waals surface area contributed by atoms with Crippen LogP contribution in [-0.2, 0) is 4.79 Å². The fourth-order valence-electron chi connectivity index (χ4n) is 3.30. The predicted octanol–water partition coefficient (Wildman–Crippen LogP) is 5.83. The SMILES string of the molecule is COc1ccc(C)cc1NC(=O)C(Sc1nnc(-c2ccccc2C)o1)c1ccccc1. The molecule has 0 fully saturated rings. The highest BCUT2D eigenvalue weighted by Gasteiger charge is 2.26. The molecule has 0 saturated heterocycles. The summed E-state index contributed by atoms with van der Waals surface area (Å²) in [5.41, 5.74) is 4.38. The zero-order valence-corrected chi connectivity index (χ0v) is 18.8. The smallest absolute Gasteiger partial charge is 0.277 e. The van der Waals surface area contributed by atoms with Gasteiger partial charge in [0.25, 0.3) is 5.22 Å². The lowest BCUT2D eigenvalue weighted by Gasteiger charge is -2.17. The number of carbonyl (C=O) groups excluding carboxylic acids is 1. The fourth-order valence-corrected chi connectivity index (χ4v) is 4.17. The maximum atomic E-state index is 13.4. The third-order valence-corrected chi connectivity index (χ3v) is 6.04. The van der Waals surface area contributed by atoms with Crippen LogP contribution in [0.15, 0.2) is 82.4 Å². The van der Waals surface area contributed by atoms with Crippen molar-refractivity contribution in [3.05, 3.63) is 89.5 Å². The van der Waals surface area contributed by atoms with Crippen LogP contribution in [0.3, 0.4) is 0 Å². The Morgan fingerprint density at radius 1 is 1.00 bits per heavy atom. The summed E-state index contributed by atoms with van der Waals surface area (Å²) in [6.07, 6.45) is 0. The van der Waals surface area contributed by atoms with Gasteiger partial charge < -0.3 is 14.5 Å². The second kappa shape index (κ2) is 9.70. The maximum absolute atomic E-state index is 13.4. The fraction of sp³-hybridized carbons (Fsp3) is 0.160. The van der Waals surface area contributed by atoms with E-state index in [-0.39, 0.29) is 5.91 Å². The Morgan fingerprint density at radius 2 is 1.75 bits per heavy atom. The van der Waals surface area contributed by atoms with Gasteiger partial charge in [0.1, 0.15) is 11.0 Å². The minimum Gasteiger partial charge on any atom is -0.495 e. The Kier molecular flexibility index (Phi) is 6.56. The minimum absolute atomic E-state index is 0.208. The van der Waals surface area contributed by atoms with E-state index in [1.165, 1.54) is 11.8 Å². The van der Waals surface area contributed by atoms with Gasteiger partial charge in [-0.05, 0) is 60.5 Å². The molecule has 0 aliphatic rings. The van der Waals surface area contributed by atoms with Crippen LogP contribution in [-0.4, -0.2) is 23.2 Å². The summed E-state index contributed by atoms with van der Waals surface area (Å²) < 4.78 is 11.3. The van der Waals surface area contributed by atoms with E-state index in [1.54, 1.807) is 7.11 Å². The van der Waals surface area contributed by atoms with Crippen molar-refractivity contribution < 1.29 is 13.9 Å².